The number of amidine groups is 1. The highest BCUT2D eigenvalue weighted by Crippen LogP contribution is 2.18. The number of nitrogens with two attached hydrogens (primary N) is 1. The van der Waals surface area contributed by atoms with Crippen LogP contribution < -0.4 is 5.73 Å². The average molecular weight is 186 g/mol. The standard InChI is InChI=1S/C9H18N2O2/c1-6(2)7(9(12)13)4-3-5-8(10)11/h6-7H,3-5H2,1-2H3,(H3,10,11)(H,12,13). The van der Waals surface area contributed by atoms with Crippen molar-refractivity contribution >= 4 is 11.8 Å². The maximum atomic E-state index is 10.7. The summed E-state index contributed by atoms with van der Waals surface area (Å²) < 4.78 is 0. The van der Waals surface area contributed by atoms with E-state index in [1.807, 2.05) is 13.8 Å². The minimum absolute atomic E-state index is 0.132. The van der Waals surface area contributed by atoms with Crippen molar-refractivity contribution in [2.24, 2.45) is 17.6 Å². The SMILES string of the molecule is CC(C)C(CCCC(=N)N)C(=O)O. The van der Waals surface area contributed by atoms with E-state index in [-0.39, 0.29) is 17.7 Å². The van der Waals surface area contributed by atoms with Crippen LogP contribution in [-0.2, 0) is 4.79 Å². The van der Waals surface area contributed by atoms with Crippen LogP contribution in [-0.4, -0.2) is 16.9 Å². The average Bonchev–Trinajstić information content (AvgIpc) is 1.95. The first-order valence-corrected chi connectivity index (χ1v) is 4.50. The van der Waals surface area contributed by atoms with Crippen molar-refractivity contribution in [2.75, 3.05) is 0 Å². The molecule has 0 aliphatic heterocycles. The smallest absolute Gasteiger partial charge is 0.306 e. The lowest BCUT2D eigenvalue weighted by Crippen LogP contribution is -2.20. The van der Waals surface area contributed by atoms with Crippen LogP contribution in [0, 0.1) is 17.2 Å². The maximum Gasteiger partial charge on any atom is 0.306 e. The van der Waals surface area contributed by atoms with E-state index in [4.69, 9.17) is 16.2 Å². The molecule has 0 spiro atoms. The minimum Gasteiger partial charge on any atom is -0.481 e. The van der Waals surface area contributed by atoms with Crippen molar-refractivity contribution in [3.8, 4) is 0 Å². The van der Waals surface area contributed by atoms with Crippen LogP contribution in [0.1, 0.15) is 33.1 Å². The van der Waals surface area contributed by atoms with Gasteiger partial charge < -0.3 is 10.8 Å². The Balaban J connectivity index is 3.84. The highest BCUT2D eigenvalue weighted by molar-refractivity contribution is 5.76. The van der Waals surface area contributed by atoms with Gasteiger partial charge in [-0.05, 0) is 18.8 Å². The molecule has 0 aliphatic rings. The molecule has 4 heteroatoms. The first kappa shape index (κ1) is 11.9. The molecule has 0 fully saturated rings. The predicted octanol–water partition coefficient (Wildman–Crippen LogP) is 1.45. The third-order valence-electron chi connectivity index (χ3n) is 2.08. The van der Waals surface area contributed by atoms with Gasteiger partial charge in [-0.1, -0.05) is 13.8 Å². The Kier molecular flexibility index (Phi) is 5.11. The van der Waals surface area contributed by atoms with Crippen molar-refractivity contribution < 1.29 is 9.90 Å². The number of carboxylic acids is 1. The molecule has 0 aromatic rings. The highest BCUT2D eigenvalue weighted by Gasteiger charge is 2.20. The summed E-state index contributed by atoms with van der Waals surface area (Å²) in [6.07, 6.45) is 1.79. The molecule has 0 bridgehead atoms. The Morgan fingerprint density at radius 1 is 1.54 bits per heavy atom. The molecule has 4 N–H and O–H groups in total. The Bertz CT molecular complexity index is 190. The van der Waals surface area contributed by atoms with Crippen LogP contribution >= 0.6 is 0 Å². The quantitative estimate of drug-likeness (QED) is 0.433. The molecule has 0 aromatic carbocycles. The number of aliphatic carboxylic acids is 1. The number of nitrogens with one attached hydrogen (secondary N) is 1. The molecular formula is C9H18N2O2. The lowest BCUT2D eigenvalue weighted by Gasteiger charge is -2.15. The zero-order valence-corrected chi connectivity index (χ0v) is 8.21. The fourth-order valence-electron chi connectivity index (χ4n) is 1.25. The summed E-state index contributed by atoms with van der Waals surface area (Å²) in [5.74, 6) is -0.782. The molecule has 0 radical (unpaired) electrons. The van der Waals surface area contributed by atoms with Crippen LogP contribution in [0.2, 0.25) is 0 Å². The molecular weight excluding hydrogens is 168 g/mol. The van der Waals surface area contributed by atoms with E-state index in [1.54, 1.807) is 0 Å². The number of carbonyl (C=O) groups is 1. The molecule has 4 nitrogen and oxygen atoms in total. The van der Waals surface area contributed by atoms with Crippen molar-refractivity contribution in [1.82, 2.24) is 0 Å². The van der Waals surface area contributed by atoms with Gasteiger partial charge in [0.25, 0.3) is 0 Å². The van der Waals surface area contributed by atoms with Gasteiger partial charge in [0.2, 0.25) is 0 Å². The van der Waals surface area contributed by atoms with Gasteiger partial charge in [0.15, 0.2) is 0 Å². The van der Waals surface area contributed by atoms with E-state index in [9.17, 15) is 4.79 Å². The Labute approximate surface area is 78.6 Å². The van der Waals surface area contributed by atoms with Gasteiger partial charge in [-0.15, -0.1) is 0 Å². The Morgan fingerprint density at radius 2 is 2.08 bits per heavy atom. The van der Waals surface area contributed by atoms with E-state index in [0.717, 1.165) is 0 Å². The van der Waals surface area contributed by atoms with Crippen molar-refractivity contribution in [3.63, 3.8) is 0 Å². The summed E-state index contributed by atoms with van der Waals surface area (Å²) in [5, 5.41) is 15.8. The molecule has 0 rings (SSSR count). The molecule has 13 heavy (non-hydrogen) atoms. The van der Waals surface area contributed by atoms with E-state index in [2.05, 4.69) is 0 Å². The summed E-state index contributed by atoms with van der Waals surface area (Å²) in [7, 11) is 0. The van der Waals surface area contributed by atoms with Gasteiger partial charge in [-0.2, -0.15) is 0 Å². The lowest BCUT2D eigenvalue weighted by atomic mass is 9.91. The second-order valence-corrected chi connectivity index (χ2v) is 3.61. The zero-order chi connectivity index (χ0) is 10.4. The Hall–Kier alpha value is -1.06. The van der Waals surface area contributed by atoms with E-state index >= 15 is 0 Å². The largest absolute Gasteiger partial charge is 0.481 e. The van der Waals surface area contributed by atoms with Gasteiger partial charge in [-0.3, -0.25) is 10.2 Å². The van der Waals surface area contributed by atoms with Gasteiger partial charge in [0.05, 0.1) is 11.8 Å². The van der Waals surface area contributed by atoms with Crippen molar-refractivity contribution in [1.29, 1.82) is 5.41 Å². The molecule has 0 aromatic heterocycles. The molecule has 0 aliphatic carbocycles. The summed E-state index contributed by atoms with van der Waals surface area (Å²) >= 11 is 0. The van der Waals surface area contributed by atoms with Crippen LogP contribution in [0.5, 0.6) is 0 Å². The topological polar surface area (TPSA) is 87.2 Å². The molecule has 0 heterocycles. The van der Waals surface area contributed by atoms with Gasteiger partial charge in [0, 0.05) is 6.42 Å². The fourth-order valence-corrected chi connectivity index (χ4v) is 1.25. The first-order valence-electron chi connectivity index (χ1n) is 4.50. The van der Waals surface area contributed by atoms with Crippen LogP contribution in [0.3, 0.4) is 0 Å². The first-order chi connectivity index (χ1) is 5.95. The summed E-state index contributed by atoms with van der Waals surface area (Å²) in [6.45, 7) is 3.79. The van der Waals surface area contributed by atoms with Gasteiger partial charge >= 0.3 is 5.97 Å². The molecule has 0 saturated carbocycles. The van der Waals surface area contributed by atoms with Crippen molar-refractivity contribution in [3.05, 3.63) is 0 Å². The third kappa shape index (κ3) is 5.22. The van der Waals surface area contributed by atoms with Crippen molar-refractivity contribution in [2.45, 2.75) is 33.1 Å². The molecule has 0 amide bonds. The number of rotatable bonds is 6. The Morgan fingerprint density at radius 3 is 2.38 bits per heavy atom. The monoisotopic (exact) mass is 186 g/mol. The molecule has 1 unspecified atom stereocenters. The number of carboxylic acid groups (broad SMARTS) is 1. The highest BCUT2D eigenvalue weighted by atomic mass is 16.4. The van der Waals surface area contributed by atoms with Crippen LogP contribution in [0.15, 0.2) is 0 Å². The van der Waals surface area contributed by atoms with E-state index in [1.165, 1.54) is 0 Å². The second kappa shape index (κ2) is 5.56. The lowest BCUT2D eigenvalue weighted by molar-refractivity contribution is -0.143. The molecule has 1 atom stereocenters. The molecule has 0 saturated heterocycles. The normalized spacial score (nSPS) is 12.8. The number of hydrogen-bond donors (Lipinski definition) is 3. The van der Waals surface area contributed by atoms with Crippen LogP contribution in [0.25, 0.3) is 0 Å². The second-order valence-electron chi connectivity index (χ2n) is 3.61. The van der Waals surface area contributed by atoms with Gasteiger partial charge in [-0.25, -0.2) is 0 Å². The summed E-state index contributed by atoms with van der Waals surface area (Å²) in [5.41, 5.74) is 5.17. The van der Waals surface area contributed by atoms with Gasteiger partial charge in [0.1, 0.15) is 0 Å². The maximum absolute atomic E-state index is 10.7. The minimum atomic E-state index is -0.751. The fraction of sp³-hybridized carbons (Fsp3) is 0.778. The summed E-state index contributed by atoms with van der Waals surface area (Å²) in [6, 6.07) is 0. The molecule has 76 valence electrons. The summed E-state index contributed by atoms with van der Waals surface area (Å²) in [4.78, 5) is 10.7. The predicted molar refractivity (Wildman–Crippen MR) is 51.7 cm³/mol. The van der Waals surface area contributed by atoms with Crippen LogP contribution in [0.4, 0.5) is 0 Å². The third-order valence-corrected chi connectivity index (χ3v) is 2.08. The number of hydrogen-bond acceptors (Lipinski definition) is 2. The zero-order valence-electron chi connectivity index (χ0n) is 8.21. The van der Waals surface area contributed by atoms with E-state index < -0.39 is 5.97 Å². The van der Waals surface area contributed by atoms with E-state index in [0.29, 0.717) is 19.3 Å².